The molecule has 0 atom stereocenters. The third kappa shape index (κ3) is 15.9. The van der Waals surface area contributed by atoms with E-state index in [-0.39, 0.29) is 41.3 Å². The molecule has 4 aliphatic heterocycles. The molecular formula is C89H84F5N21O7. The summed E-state index contributed by atoms with van der Waals surface area (Å²) in [5.74, 6) is 5.07. The summed E-state index contributed by atoms with van der Waals surface area (Å²) < 4.78 is 120. The van der Waals surface area contributed by atoms with Gasteiger partial charge in [-0.05, 0) is 126 Å². The fraction of sp³-hybridized carbons (Fsp3) is 0.258. The fourth-order valence-corrected chi connectivity index (χ4v) is 15.7. The predicted octanol–water partition coefficient (Wildman–Crippen LogP) is 15.7. The van der Waals surface area contributed by atoms with E-state index in [0.29, 0.717) is 147 Å². The average Bonchev–Trinajstić information content (AvgIpc) is 1.09. The summed E-state index contributed by atoms with van der Waals surface area (Å²) in [6, 6.07) is 21.7. The molecule has 0 saturated carbocycles. The number of nitrogens with one attached hydrogen (secondary N) is 4. The second-order valence-electron chi connectivity index (χ2n) is 29.4. The Balaban J connectivity index is 0.000000116. The largest absolute Gasteiger partial charge is 0.493 e. The molecule has 4 aromatic carbocycles. The molecule has 0 radical (unpaired) electrons. The smallest absolute Gasteiger partial charge is 0.221 e. The molecule has 33 heteroatoms. The van der Waals surface area contributed by atoms with Crippen molar-refractivity contribution in [2.45, 2.75) is 100 Å². The number of aryl methyl sites for hydroxylation is 7. The molecule has 0 aliphatic carbocycles. The highest BCUT2D eigenvalue weighted by atomic mass is 19.1. The first-order chi connectivity index (χ1) is 59.3. The minimum atomic E-state index is -0.507. The Labute approximate surface area is 696 Å². The lowest BCUT2D eigenvalue weighted by atomic mass is 10.0. The van der Waals surface area contributed by atoms with Gasteiger partial charge in [0.25, 0.3) is 0 Å². The number of hydrogen-bond donors (Lipinski definition) is 4. The Morgan fingerprint density at radius 3 is 1.12 bits per heavy atom. The molecule has 0 spiro atoms. The topological polar surface area (TPSA) is 290 Å². The Morgan fingerprint density at radius 1 is 0.385 bits per heavy atom. The van der Waals surface area contributed by atoms with Gasteiger partial charge in [-0.3, -0.25) is 22.3 Å². The van der Waals surface area contributed by atoms with E-state index < -0.39 is 5.82 Å². The summed E-state index contributed by atoms with van der Waals surface area (Å²) in [5, 5.41) is 17.5. The molecule has 0 unspecified atom stereocenters. The van der Waals surface area contributed by atoms with Gasteiger partial charge in [0.05, 0.1) is 93.2 Å². The van der Waals surface area contributed by atoms with Crippen LogP contribution in [-0.2, 0) is 58.9 Å². The molecule has 4 aliphatic rings. The van der Waals surface area contributed by atoms with E-state index in [1.807, 2.05) is 116 Å². The van der Waals surface area contributed by atoms with Gasteiger partial charge in [-0.15, -0.1) is 0 Å². The normalized spacial score (nSPS) is 12.7. The molecule has 12 aromatic heterocycles. The number of pyridine rings is 3. The zero-order valence-electron chi connectivity index (χ0n) is 68.4. The number of nitrogens with zero attached hydrogens (tertiary/aromatic N) is 17. The molecule has 16 aromatic rings. The van der Waals surface area contributed by atoms with Crippen molar-refractivity contribution < 1.29 is 55.1 Å². The number of benzene rings is 4. The van der Waals surface area contributed by atoms with Gasteiger partial charge in [0.1, 0.15) is 69.0 Å². The van der Waals surface area contributed by atoms with E-state index in [9.17, 15) is 22.0 Å². The minimum absolute atomic E-state index is 0.231. The highest BCUT2D eigenvalue weighted by molar-refractivity contribution is 5.83. The van der Waals surface area contributed by atoms with E-state index >= 15 is 0 Å². The van der Waals surface area contributed by atoms with Crippen LogP contribution in [0.4, 0.5) is 45.7 Å². The maximum Gasteiger partial charge on any atom is 0.221 e. The van der Waals surface area contributed by atoms with Crippen LogP contribution in [0, 0.1) is 70.6 Å². The Hall–Kier alpha value is -14.5. The van der Waals surface area contributed by atoms with E-state index in [2.05, 4.69) is 76.2 Å². The molecule has 622 valence electrons. The van der Waals surface area contributed by atoms with Crippen molar-refractivity contribution in [3.8, 4) is 85.3 Å². The van der Waals surface area contributed by atoms with Crippen LogP contribution in [0.2, 0.25) is 0 Å². The highest BCUT2D eigenvalue weighted by Crippen LogP contribution is 2.40. The second-order valence-corrected chi connectivity index (χ2v) is 29.4. The maximum absolute atomic E-state index is 14.5. The Bertz CT molecular complexity index is 6500. The summed E-state index contributed by atoms with van der Waals surface area (Å²) in [6.45, 7) is 17.5. The molecule has 0 saturated heterocycles. The van der Waals surface area contributed by atoms with Gasteiger partial charge in [0.2, 0.25) is 41.4 Å². The molecule has 16 heterocycles. The van der Waals surface area contributed by atoms with E-state index in [0.717, 1.165) is 137 Å². The number of hydrogen-bond acceptors (Lipinski definition) is 23. The first-order valence-electron chi connectivity index (χ1n) is 39.6. The average molecular weight is 1650 g/mol. The quantitative estimate of drug-likeness (QED) is 0.0516. The molecule has 0 fully saturated rings. The number of imidazole rings is 4. The van der Waals surface area contributed by atoms with Crippen molar-refractivity contribution in [2.24, 2.45) is 7.05 Å². The van der Waals surface area contributed by atoms with Crippen LogP contribution in [0.1, 0.15) is 85.5 Å². The van der Waals surface area contributed by atoms with Gasteiger partial charge in [-0.25, -0.2) is 76.8 Å². The number of ether oxygens (including phenoxy) is 7. The summed E-state index contributed by atoms with van der Waals surface area (Å²) in [6.07, 6.45) is 21.8. The lowest BCUT2D eigenvalue weighted by Crippen LogP contribution is -2.10. The zero-order chi connectivity index (χ0) is 84.6. The maximum atomic E-state index is 14.5. The van der Waals surface area contributed by atoms with Crippen molar-refractivity contribution in [1.82, 2.24) is 82.2 Å². The number of methoxy groups -OCH3 is 2. The lowest BCUT2D eigenvalue weighted by Gasteiger charge is -2.14. The predicted molar refractivity (Wildman–Crippen MR) is 448 cm³/mol. The first kappa shape index (κ1) is 79.9. The zero-order valence-corrected chi connectivity index (χ0v) is 68.4. The van der Waals surface area contributed by atoms with Crippen molar-refractivity contribution in [2.75, 3.05) is 68.5 Å². The van der Waals surface area contributed by atoms with Crippen molar-refractivity contribution >= 4 is 46.4 Å². The second kappa shape index (κ2) is 34.1. The van der Waals surface area contributed by atoms with Gasteiger partial charge in [0.15, 0.2) is 5.65 Å². The third-order valence-electron chi connectivity index (χ3n) is 21.4. The Kier molecular flexibility index (Phi) is 22.3. The van der Waals surface area contributed by atoms with Crippen molar-refractivity contribution in [3.05, 3.63) is 255 Å². The van der Waals surface area contributed by atoms with Gasteiger partial charge in [0, 0.05) is 205 Å². The molecule has 0 bridgehead atoms. The number of halogens is 5. The number of anilines is 4. The molecule has 4 N–H and O–H groups in total. The van der Waals surface area contributed by atoms with E-state index in [1.54, 1.807) is 73.0 Å². The minimum Gasteiger partial charge on any atom is -0.493 e. The van der Waals surface area contributed by atoms with Crippen LogP contribution >= 0.6 is 0 Å². The summed E-state index contributed by atoms with van der Waals surface area (Å²) in [5.41, 5.74) is 20.1. The summed E-state index contributed by atoms with van der Waals surface area (Å²) in [7, 11) is 4.96. The van der Waals surface area contributed by atoms with Gasteiger partial charge < -0.3 is 54.4 Å². The fourth-order valence-electron chi connectivity index (χ4n) is 15.7. The van der Waals surface area contributed by atoms with E-state index in [1.165, 1.54) is 43.6 Å². The molecular weight excluding hydrogens is 1570 g/mol. The lowest BCUT2D eigenvalue weighted by molar-refractivity contribution is 0.328. The first-order valence-corrected chi connectivity index (χ1v) is 39.6. The van der Waals surface area contributed by atoms with Crippen LogP contribution in [0.5, 0.6) is 40.6 Å². The summed E-state index contributed by atoms with van der Waals surface area (Å²) >= 11 is 0. The SMILES string of the molecule is CCOc1ncccc1-c1cnc(NCc2c(F)ccc3c2CCO3)n2cc(C)nc12.COc1cc(-c2cnc(NCc3c(F)ccc4c3CCO4)n3cc(C)nc23)c(C)cn1.COc1cc(-c2cnc(NCc3c(F)ccc4c3CCO4)n3cc(C)nc23)c(F)cn1.Cc1cn2c(NCc3c(F)ccc4c3CCO4)ncc(-c3cc(C)nn3C)c2n1. The third-order valence-corrected chi connectivity index (χ3v) is 21.4. The van der Waals surface area contributed by atoms with E-state index in [4.69, 9.17) is 38.1 Å². The van der Waals surface area contributed by atoms with Crippen LogP contribution < -0.4 is 54.4 Å². The molecule has 122 heavy (non-hydrogen) atoms. The van der Waals surface area contributed by atoms with Crippen LogP contribution in [0.15, 0.2) is 147 Å². The standard InChI is InChI=1S/2C23H22FN5O2.C22H19F2N5O2.C21H21FN6O/c1-13-9-25-21(30-3)8-16(13)18-11-27-23(29-12-14(2)28-22(18)29)26-10-17-15-6-7-31-20(15)5-4-19(17)24;1-3-30-22-16(5-4-9-25-22)18-12-27-23(29-13-14(2)28-21(18)29)26-11-17-15-8-10-31-20(15)7-6-19(17)24;1-12-11-29-21(28-12)16(14-7-20(30-2)25-10-18(14)24)9-27-22(29)26-8-15-13-5-6-31-19(13)4-3-17(15)23;1-12-8-18(27(3)26-12)16-10-24-21(28-11-13(2)25-20(16)28)23-9-15-14-6-7-29-19(14)5-4-17(15)22/h4-5,8-9,11-12H,6-7,10H2,1-3H3,(H,26,27);4-7,9,12-13H,3,8,10-11H2,1-2H3,(H,26,27);3-4,7,9-11H,5-6,8H2,1-2H3,(H,26,27);4-5,8,10-11H,6-7,9H2,1-3H3,(H,23,24). The van der Waals surface area contributed by atoms with Gasteiger partial charge >= 0.3 is 0 Å². The summed E-state index contributed by atoms with van der Waals surface area (Å²) in [4.78, 5) is 49.4. The van der Waals surface area contributed by atoms with Crippen LogP contribution in [0.3, 0.4) is 0 Å². The monoisotopic (exact) mass is 1650 g/mol. The Morgan fingerprint density at radius 2 is 0.746 bits per heavy atom. The molecule has 20 rings (SSSR count). The van der Waals surface area contributed by atoms with Crippen LogP contribution in [-0.4, -0.2) is 129 Å². The number of aromatic nitrogens is 17. The van der Waals surface area contributed by atoms with Gasteiger partial charge in [-0.2, -0.15) is 5.10 Å². The highest BCUT2D eigenvalue weighted by Gasteiger charge is 2.28. The molecule has 0 amide bonds. The van der Waals surface area contributed by atoms with Crippen molar-refractivity contribution in [3.63, 3.8) is 0 Å². The van der Waals surface area contributed by atoms with Gasteiger partial charge in [-0.1, -0.05) is 0 Å². The number of rotatable bonds is 20. The molecule has 28 nitrogen and oxygen atoms in total. The number of fused-ring (bicyclic) bond motifs is 8. The van der Waals surface area contributed by atoms with Crippen LogP contribution in [0.25, 0.3) is 67.2 Å². The van der Waals surface area contributed by atoms with Crippen molar-refractivity contribution in [1.29, 1.82) is 0 Å².